The van der Waals surface area contributed by atoms with Crippen LogP contribution in [0.1, 0.15) is 34.3 Å². The molecular formula is C20H23NO5. The van der Waals surface area contributed by atoms with E-state index in [0.717, 1.165) is 11.1 Å². The molecule has 138 valence electrons. The second kappa shape index (κ2) is 8.89. The van der Waals surface area contributed by atoms with E-state index in [4.69, 9.17) is 14.6 Å². The first-order valence-electron chi connectivity index (χ1n) is 8.28. The largest absolute Gasteiger partial charge is 0.497 e. The molecule has 0 fully saturated rings. The molecule has 0 aliphatic carbocycles. The Morgan fingerprint density at radius 2 is 1.88 bits per heavy atom. The third-order valence-corrected chi connectivity index (χ3v) is 4.21. The minimum atomic E-state index is -1.00. The number of methoxy groups -OCH3 is 2. The lowest BCUT2D eigenvalue weighted by atomic mass is 10.00. The fourth-order valence-corrected chi connectivity index (χ4v) is 2.62. The minimum Gasteiger partial charge on any atom is -0.497 e. The highest BCUT2D eigenvalue weighted by Gasteiger charge is 2.16. The summed E-state index contributed by atoms with van der Waals surface area (Å²) in [7, 11) is 3.08. The molecule has 0 aliphatic rings. The third-order valence-electron chi connectivity index (χ3n) is 4.21. The van der Waals surface area contributed by atoms with Gasteiger partial charge in [0.2, 0.25) is 5.91 Å². The van der Waals surface area contributed by atoms with E-state index in [-0.39, 0.29) is 17.4 Å². The Balaban J connectivity index is 1.96. The van der Waals surface area contributed by atoms with Gasteiger partial charge in [-0.05, 0) is 48.7 Å². The van der Waals surface area contributed by atoms with E-state index in [1.54, 1.807) is 13.2 Å². The maximum absolute atomic E-state index is 12.4. The highest BCUT2D eigenvalue weighted by atomic mass is 16.5. The summed E-state index contributed by atoms with van der Waals surface area (Å²) in [6, 6.07) is 12.1. The van der Waals surface area contributed by atoms with Gasteiger partial charge in [-0.3, -0.25) is 4.79 Å². The van der Waals surface area contributed by atoms with Crippen molar-refractivity contribution < 1.29 is 24.2 Å². The van der Waals surface area contributed by atoms with Crippen molar-refractivity contribution in [2.45, 2.75) is 19.3 Å². The van der Waals surface area contributed by atoms with Gasteiger partial charge in [0, 0.05) is 6.54 Å². The summed E-state index contributed by atoms with van der Waals surface area (Å²) < 4.78 is 10.4. The number of hydrogen-bond donors (Lipinski definition) is 2. The van der Waals surface area contributed by atoms with Crippen molar-refractivity contribution >= 4 is 11.9 Å². The monoisotopic (exact) mass is 357 g/mol. The zero-order chi connectivity index (χ0) is 19.1. The van der Waals surface area contributed by atoms with E-state index in [1.165, 1.54) is 19.2 Å². The molecule has 0 saturated heterocycles. The first-order valence-corrected chi connectivity index (χ1v) is 8.28. The fourth-order valence-electron chi connectivity index (χ4n) is 2.62. The molecule has 2 aromatic carbocycles. The van der Waals surface area contributed by atoms with Crippen LogP contribution in [0.4, 0.5) is 0 Å². The molecule has 2 N–H and O–H groups in total. The van der Waals surface area contributed by atoms with Crippen molar-refractivity contribution in [2.75, 3.05) is 20.8 Å². The number of rotatable bonds is 8. The van der Waals surface area contributed by atoms with E-state index in [1.807, 2.05) is 31.2 Å². The molecule has 26 heavy (non-hydrogen) atoms. The van der Waals surface area contributed by atoms with Crippen LogP contribution in [-0.2, 0) is 11.2 Å². The fraction of sp³-hybridized carbons (Fsp3) is 0.300. The summed E-state index contributed by atoms with van der Waals surface area (Å²) >= 11 is 0. The van der Waals surface area contributed by atoms with Gasteiger partial charge in [0.05, 0.1) is 25.7 Å². The lowest BCUT2D eigenvalue weighted by molar-refractivity contribution is -0.122. The molecule has 1 unspecified atom stereocenters. The molecule has 0 aromatic heterocycles. The molecule has 0 heterocycles. The number of amides is 1. The van der Waals surface area contributed by atoms with Gasteiger partial charge in [0.15, 0.2) is 0 Å². The molecule has 1 amide bonds. The van der Waals surface area contributed by atoms with Crippen LogP contribution >= 0.6 is 0 Å². The van der Waals surface area contributed by atoms with Crippen LogP contribution in [0.15, 0.2) is 42.5 Å². The minimum absolute atomic E-state index is 0.0839. The standard InChI is InChI=1S/C20H23NO5/c1-13(15-5-4-6-17(11-15)25-2)19(22)21-10-9-14-7-8-16(20(23)24)12-18(14)26-3/h4-8,11-13H,9-10H2,1-3H3,(H,21,22)(H,23,24). The van der Waals surface area contributed by atoms with Crippen molar-refractivity contribution in [2.24, 2.45) is 0 Å². The van der Waals surface area contributed by atoms with Gasteiger partial charge in [-0.1, -0.05) is 18.2 Å². The quantitative estimate of drug-likeness (QED) is 0.759. The lowest BCUT2D eigenvalue weighted by Gasteiger charge is -2.14. The van der Waals surface area contributed by atoms with E-state index >= 15 is 0 Å². The summed E-state index contributed by atoms with van der Waals surface area (Å²) in [5, 5.41) is 11.9. The first kappa shape index (κ1) is 19.3. The number of carbonyl (C=O) groups is 2. The Hall–Kier alpha value is -3.02. The summed E-state index contributed by atoms with van der Waals surface area (Å²) in [6.45, 7) is 2.27. The van der Waals surface area contributed by atoms with E-state index < -0.39 is 5.97 Å². The van der Waals surface area contributed by atoms with E-state index in [0.29, 0.717) is 24.5 Å². The number of benzene rings is 2. The maximum Gasteiger partial charge on any atom is 0.335 e. The van der Waals surface area contributed by atoms with E-state index in [2.05, 4.69) is 5.32 Å². The zero-order valence-electron chi connectivity index (χ0n) is 15.1. The molecule has 6 nitrogen and oxygen atoms in total. The Morgan fingerprint density at radius 1 is 1.12 bits per heavy atom. The van der Waals surface area contributed by atoms with E-state index in [9.17, 15) is 9.59 Å². The molecule has 0 bridgehead atoms. The third kappa shape index (κ3) is 4.75. The number of hydrogen-bond acceptors (Lipinski definition) is 4. The van der Waals surface area contributed by atoms with Crippen LogP contribution < -0.4 is 14.8 Å². The van der Waals surface area contributed by atoms with Crippen molar-refractivity contribution in [1.82, 2.24) is 5.32 Å². The van der Waals surface area contributed by atoms with Crippen LogP contribution in [0.5, 0.6) is 11.5 Å². The summed E-state index contributed by atoms with van der Waals surface area (Å²) in [5.74, 6) is -0.179. The van der Waals surface area contributed by atoms with Gasteiger partial charge in [-0.2, -0.15) is 0 Å². The van der Waals surface area contributed by atoms with Gasteiger partial charge in [-0.25, -0.2) is 4.79 Å². The molecule has 6 heteroatoms. The average molecular weight is 357 g/mol. The predicted molar refractivity (Wildman–Crippen MR) is 98.1 cm³/mol. The smallest absolute Gasteiger partial charge is 0.335 e. The molecule has 0 aliphatic heterocycles. The molecule has 0 radical (unpaired) electrons. The number of nitrogens with one attached hydrogen (secondary N) is 1. The van der Waals surface area contributed by atoms with Crippen molar-refractivity contribution in [3.05, 3.63) is 59.2 Å². The number of ether oxygens (including phenoxy) is 2. The summed E-state index contributed by atoms with van der Waals surface area (Å²) in [6.07, 6.45) is 0.541. The molecule has 0 spiro atoms. The van der Waals surface area contributed by atoms with Gasteiger partial charge in [-0.15, -0.1) is 0 Å². The van der Waals surface area contributed by atoms with Gasteiger partial charge < -0.3 is 19.9 Å². The lowest BCUT2D eigenvalue weighted by Crippen LogP contribution is -2.29. The summed E-state index contributed by atoms with van der Waals surface area (Å²) in [4.78, 5) is 23.4. The first-order chi connectivity index (χ1) is 12.5. The average Bonchev–Trinajstić information content (AvgIpc) is 2.67. The molecule has 0 saturated carbocycles. The Labute approximate surface area is 152 Å². The molecule has 1 atom stereocenters. The van der Waals surface area contributed by atoms with Crippen LogP contribution in [-0.4, -0.2) is 37.7 Å². The Morgan fingerprint density at radius 3 is 2.54 bits per heavy atom. The van der Waals surface area contributed by atoms with Crippen molar-refractivity contribution in [1.29, 1.82) is 0 Å². The molecule has 2 rings (SSSR count). The number of aromatic carboxylic acids is 1. The Bertz CT molecular complexity index is 788. The number of carboxylic acid groups (broad SMARTS) is 1. The van der Waals surface area contributed by atoms with Crippen LogP contribution in [0.25, 0.3) is 0 Å². The maximum atomic E-state index is 12.4. The van der Waals surface area contributed by atoms with Crippen molar-refractivity contribution in [3.63, 3.8) is 0 Å². The normalized spacial score (nSPS) is 11.5. The highest BCUT2D eigenvalue weighted by molar-refractivity contribution is 5.88. The second-order valence-electron chi connectivity index (χ2n) is 5.87. The Kier molecular flexibility index (Phi) is 6.60. The predicted octanol–water partition coefficient (Wildman–Crippen LogP) is 2.86. The zero-order valence-corrected chi connectivity index (χ0v) is 15.1. The van der Waals surface area contributed by atoms with Crippen LogP contribution in [0.2, 0.25) is 0 Å². The van der Waals surface area contributed by atoms with Gasteiger partial charge >= 0.3 is 5.97 Å². The molecule has 2 aromatic rings. The van der Waals surface area contributed by atoms with Crippen molar-refractivity contribution in [3.8, 4) is 11.5 Å². The highest BCUT2D eigenvalue weighted by Crippen LogP contribution is 2.22. The number of carboxylic acids is 1. The molecular weight excluding hydrogens is 334 g/mol. The summed E-state index contributed by atoms with van der Waals surface area (Å²) in [5.41, 5.74) is 1.89. The van der Waals surface area contributed by atoms with Gasteiger partial charge in [0.25, 0.3) is 0 Å². The topological polar surface area (TPSA) is 84.9 Å². The van der Waals surface area contributed by atoms with Crippen LogP contribution in [0, 0.1) is 0 Å². The number of carbonyl (C=O) groups excluding carboxylic acids is 1. The van der Waals surface area contributed by atoms with Gasteiger partial charge in [0.1, 0.15) is 11.5 Å². The SMILES string of the molecule is COc1cccc(C(C)C(=O)NCCc2ccc(C(=O)O)cc2OC)c1. The van der Waals surface area contributed by atoms with Crippen LogP contribution in [0.3, 0.4) is 0 Å². The second-order valence-corrected chi connectivity index (χ2v) is 5.87.